The molecule has 0 aliphatic carbocycles. The van der Waals surface area contributed by atoms with Gasteiger partial charge in [-0.05, 0) is 19.1 Å². The van der Waals surface area contributed by atoms with E-state index in [1.54, 1.807) is 17.2 Å². The molecule has 0 saturated carbocycles. The van der Waals surface area contributed by atoms with Gasteiger partial charge in [0.15, 0.2) is 9.84 Å². The van der Waals surface area contributed by atoms with Crippen LogP contribution < -0.4 is 4.90 Å². The second-order valence-electron chi connectivity index (χ2n) is 3.59. The molecule has 0 amide bonds. The molecule has 0 atom stereocenters. The highest BCUT2D eigenvalue weighted by Crippen LogP contribution is 2.21. The highest BCUT2D eigenvalue weighted by molar-refractivity contribution is 7.90. The SMILES string of the molecule is CCN(CCC#N)c1ncccc1S(C)(=O)=O. The van der Waals surface area contributed by atoms with Crippen molar-refractivity contribution in [2.75, 3.05) is 24.2 Å². The van der Waals surface area contributed by atoms with Crippen molar-refractivity contribution in [2.45, 2.75) is 18.2 Å². The molecule has 92 valence electrons. The highest BCUT2D eigenvalue weighted by Gasteiger charge is 2.17. The number of nitriles is 1. The van der Waals surface area contributed by atoms with E-state index in [4.69, 9.17) is 5.26 Å². The molecular formula is C11H15N3O2S. The van der Waals surface area contributed by atoms with E-state index in [0.29, 0.717) is 25.3 Å². The molecule has 1 aromatic heterocycles. The molecule has 0 spiro atoms. The molecule has 0 unspecified atom stereocenters. The Morgan fingerprint density at radius 3 is 2.76 bits per heavy atom. The first-order valence-corrected chi connectivity index (χ1v) is 7.16. The molecule has 0 saturated heterocycles. The molecule has 0 bridgehead atoms. The lowest BCUT2D eigenvalue weighted by molar-refractivity contribution is 0.601. The van der Waals surface area contributed by atoms with Gasteiger partial charge in [-0.25, -0.2) is 13.4 Å². The molecule has 6 heteroatoms. The van der Waals surface area contributed by atoms with Crippen molar-refractivity contribution in [2.24, 2.45) is 0 Å². The van der Waals surface area contributed by atoms with E-state index < -0.39 is 9.84 Å². The van der Waals surface area contributed by atoms with Crippen LogP contribution in [0.1, 0.15) is 13.3 Å². The Morgan fingerprint density at radius 2 is 2.24 bits per heavy atom. The van der Waals surface area contributed by atoms with Gasteiger partial charge in [-0.1, -0.05) is 0 Å². The van der Waals surface area contributed by atoms with Crippen molar-refractivity contribution in [3.05, 3.63) is 18.3 Å². The smallest absolute Gasteiger partial charge is 0.179 e. The molecule has 0 aromatic carbocycles. The van der Waals surface area contributed by atoms with Crippen molar-refractivity contribution in [3.63, 3.8) is 0 Å². The van der Waals surface area contributed by atoms with Crippen molar-refractivity contribution in [1.82, 2.24) is 4.98 Å². The minimum atomic E-state index is -3.30. The zero-order valence-corrected chi connectivity index (χ0v) is 10.7. The van der Waals surface area contributed by atoms with Gasteiger partial charge < -0.3 is 4.90 Å². The molecule has 0 aliphatic heterocycles. The van der Waals surface area contributed by atoms with Crippen LogP contribution in [0, 0.1) is 11.3 Å². The number of hydrogen-bond donors (Lipinski definition) is 0. The van der Waals surface area contributed by atoms with Gasteiger partial charge in [0.05, 0.1) is 12.5 Å². The summed E-state index contributed by atoms with van der Waals surface area (Å²) >= 11 is 0. The Kier molecular flexibility index (Phi) is 4.46. The Morgan fingerprint density at radius 1 is 1.53 bits per heavy atom. The van der Waals surface area contributed by atoms with Crippen molar-refractivity contribution < 1.29 is 8.42 Å². The zero-order valence-electron chi connectivity index (χ0n) is 9.92. The molecule has 17 heavy (non-hydrogen) atoms. The third-order valence-electron chi connectivity index (χ3n) is 2.33. The Labute approximate surface area is 102 Å². The highest BCUT2D eigenvalue weighted by atomic mass is 32.2. The maximum Gasteiger partial charge on any atom is 0.179 e. The van der Waals surface area contributed by atoms with Crippen LogP contribution in [0.3, 0.4) is 0 Å². The van der Waals surface area contributed by atoms with Crippen molar-refractivity contribution in [3.8, 4) is 6.07 Å². The summed E-state index contributed by atoms with van der Waals surface area (Å²) in [5.74, 6) is 0.424. The van der Waals surface area contributed by atoms with Crippen LogP contribution in [-0.4, -0.2) is 32.7 Å². The Hall–Kier alpha value is -1.61. The minimum Gasteiger partial charge on any atom is -0.355 e. The summed E-state index contributed by atoms with van der Waals surface area (Å²) in [6, 6.07) is 5.17. The standard InChI is InChI=1S/C11H15N3O2S/c1-3-14(9-5-7-12)11-10(17(2,15)16)6-4-8-13-11/h4,6,8H,3,5,9H2,1-2H3. The third-order valence-corrected chi connectivity index (χ3v) is 3.44. The van der Waals surface area contributed by atoms with E-state index in [1.165, 1.54) is 6.07 Å². The van der Waals surface area contributed by atoms with E-state index in [1.807, 2.05) is 13.0 Å². The Bertz CT molecular complexity index is 520. The first-order valence-electron chi connectivity index (χ1n) is 5.27. The van der Waals surface area contributed by atoms with Gasteiger partial charge in [0.1, 0.15) is 10.7 Å². The third kappa shape index (κ3) is 3.43. The molecule has 0 aliphatic rings. The molecule has 1 rings (SSSR count). The van der Waals surface area contributed by atoms with Gasteiger partial charge in [0.25, 0.3) is 0 Å². The van der Waals surface area contributed by atoms with Gasteiger partial charge in [-0.15, -0.1) is 0 Å². The lowest BCUT2D eigenvalue weighted by atomic mass is 10.3. The predicted octanol–water partition coefficient (Wildman–Crippen LogP) is 1.23. The predicted molar refractivity (Wildman–Crippen MR) is 65.5 cm³/mol. The summed E-state index contributed by atoms with van der Waals surface area (Å²) in [4.78, 5) is 6.11. The van der Waals surface area contributed by atoms with Crippen LogP contribution in [0.4, 0.5) is 5.82 Å². The first kappa shape index (κ1) is 13.5. The molecule has 0 fully saturated rings. The van der Waals surface area contributed by atoms with Crippen molar-refractivity contribution in [1.29, 1.82) is 5.26 Å². The second kappa shape index (κ2) is 5.64. The number of hydrogen-bond acceptors (Lipinski definition) is 5. The molecule has 0 radical (unpaired) electrons. The fourth-order valence-corrected chi connectivity index (χ4v) is 2.35. The van der Waals surface area contributed by atoms with E-state index in [-0.39, 0.29) is 4.90 Å². The van der Waals surface area contributed by atoms with Crippen molar-refractivity contribution >= 4 is 15.7 Å². The average Bonchev–Trinajstić information content (AvgIpc) is 2.29. The summed E-state index contributed by atoms with van der Waals surface area (Å²) in [6.45, 7) is 2.99. The lowest BCUT2D eigenvalue weighted by Gasteiger charge is -2.22. The van der Waals surface area contributed by atoms with Gasteiger partial charge in [-0.3, -0.25) is 0 Å². The van der Waals surface area contributed by atoms with E-state index in [9.17, 15) is 8.42 Å². The number of rotatable bonds is 5. The van der Waals surface area contributed by atoms with E-state index >= 15 is 0 Å². The Balaban J connectivity index is 3.16. The van der Waals surface area contributed by atoms with E-state index in [0.717, 1.165) is 6.26 Å². The van der Waals surface area contributed by atoms with Gasteiger partial charge in [0, 0.05) is 25.5 Å². The fraction of sp³-hybridized carbons (Fsp3) is 0.455. The maximum atomic E-state index is 11.6. The normalized spacial score (nSPS) is 10.9. The first-order chi connectivity index (χ1) is 8.00. The summed E-state index contributed by atoms with van der Waals surface area (Å²) in [6.07, 6.45) is 3.05. The van der Waals surface area contributed by atoms with E-state index in [2.05, 4.69) is 4.98 Å². The molecule has 5 nitrogen and oxygen atoms in total. The molecule has 0 N–H and O–H groups in total. The van der Waals surface area contributed by atoms with Crippen LogP contribution in [-0.2, 0) is 9.84 Å². The maximum absolute atomic E-state index is 11.6. The largest absolute Gasteiger partial charge is 0.355 e. The summed E-state index contributed by atoms with van der Waals surface area (Å²) < 4.78 is 23.2. The van der Waals surface area contributed by atoms with Crippen LogP contribution in [0.5, 0.6) is 0 Å². The monoisotopic (exact) mass is 253 g/mol. The number of sulfone groups is 1. The molecule has 1 aromatic rings. The number of nitrogens with zero attached hydrogens (tertiary/aromatic N) is 3. The summed E-state index contributed by atoms with van der Waals surface area (Å²) in [5.41, 5.74) is 0. The summed E-state index contributed by atoms with van der Waals surface area (Å²) in [5, 5.41) is 8.57. The van der Waals surface area contributed by atoms with Gasteiger partial charge in [-0.2, -0.15) is 5.26 Å². The number of pyridine rings is 1. The second-order valence-corrected chi connectivity index (χ2v) is 5.57. The lowest BCUT2D eigenvalue weighted by Crippen LogP contribution is -2.26. The molecule has 1 heterocycles. The topological polar surface area (TPSA) is 74.1 Å². The van der Waals surface area contributed by atoms with Crippen LogP contribution in [0.15, 0.2) is 23.2 Å². The molecular weight excluding hydrogens is 238 g/mol. The summed E-state index contributed by atoms with van der Waals surface area (Å²) in [7, 11) is -3.30. The number of anilines is 1. The zero-order chi connectivity index (χ0) is 12.9. The number of aromatic nitrogens is 1. The van der Waals surface area contributed by atoms with Gasteiger partial charge >= 0.3 is 0 Å². The average molecular weight is 253 g/mol. The van der Waals surface area contributed by atoms with Crippen LogP contribution in [0.25, 0.3) is 0 Å². The quantitative estimate of drug-likeness (QED) is 0.789. The van der Waals surface area contributed by atoms with Gasteiger partial charge in [0.2, 0.25) is 0 Å². The van der Waals surface area contributed by atoms with Crippen LogP contribution in [0.2, 0.25) is 0 Å². The fourth-order valence-electron chi connectivity index (χ4n) is 1.51. The minimum absolute atomic E-state index is 0.208. The van der Waals surface area contributed by atoms with Crippen LogP contribution >= 0.6 is 0 Å².